The second kappa shape index (κ2) is 8.47. The number of carboxylic acid groups (broad SMARTS) is 1. The van der Waals surface area contributed by atoms with Crippen molar-refractivity contribution in [3.63, 3.8) is 0 Å². The molecule has 0 amide bonds. The lowest BCUT2D eigenvalue weighted by molar-refractivity contribution is -0.137. The Morgan fingerprint density at radius 1 is 1.07 bits per heavy atom. The molecule has 0 saturated heterocycles. The standard InChI is InChI=1S/C21H20N2O6/c1-27-16-10-13(11-17(28-2)20(16)29-3)8-9-18-22-15-7-5-4-6-14(15)21(26)23(18)12-19(24)25/h4-11H,12H2,1-3H3,(H,24,25). The lowest BCUT2D eigenvalue weighted by Gasteiger charge is -2.13. The van der Waals surface area contributed by atoms with Crippen LogP contribution in [0.4, 0.5) is 0 Å². The maximum Gasteiger partial charge on any atom is 0.323 e. The first-order valence-corrected chi connectivity index (χ1v) is 8.68. The van der Waals surface area contributed by atoms with Gasteiger partial charge in [0, 0.05) is 0 Å². The van der Waals surface area contributed by atoms with Crippen LogP contribution in [-0.2, 0) is 11.3 Å². The molecule has 0 atom stereocenters. The van der Waals surface area contributed by atoms with Gasteiger partial charge in [-0.1, -0.05) is 18.2 Å². The zero-order valence-corrected chi connectivity index (χ0v) is 16.2. The number of hydrogen-bond acceptors (Lipinski definition) is 6. The van der Waals surface area contributed by atoms with Crippen LogP contribution in [0.5, 0.6) is 17.2 Å². The first-order valence-electron chi connectivity index (χ1n) is 8.68. The van der Waals surface area contributed by atoms with Gasteiger partial charge < -0.3 is 19.3 Å². The van der Waals surface area contributed by atoms with Gasteiger partial charge >= 0.3 is 5.97 Å². The molecule has 1 N–H and O–H groups in total. The molecule has 1 heterocycles. The van der Waals surface area contributed by atoms with Crippen LogP contribution in [0.2, 0.25) is 0 Å². The Morgan fingerprint density at radius 3 is 2.31 bits per heavy atom. The Morgan fingerprint density at radius 2 is 1.72 bits per heavy atom. The fraction of sp³-hybridized carbons (Fsp3) is 0.190. The quantitative estimate of drug-likeness (QED) is 0.655. The van der Waals surface area contributed by atoms with Crippen molar-refractivity contribution in [3.8, 4) is 17.2 Å². The molecule has 29 heavy (non-hydrogen) atoms. The average molecular weight is 396 g/mol. The van der Waals surface area contributed by atoms with Crippen LogP contribution in [0.15, 0.2) is 41.2 Å². The number of aromatic nitrogens is 2. The molecule has 0 bridgehead atoms. The molecule has 0 unspecified atom stereocenters. The van der Waals surface area contributed by atoms with E-state index >= 15 is 0 Å². The molecular formula is C21H20N2O6. The minimum Gasteiger partial charge on any atom is -0.493 e. The Kier molecular flexibility index (Phi) is 5.82. The van der Waals surface area contributed by atoms with Gasteiger partial charge in [-0.05, 0) is 35.9 Å². The highest BCUT2D eigenvalue weighted by Gasteiger charge is 2.14. The number of methoxy groups -OCH3 is 3. The molecular weight excluding hydrogens is 376 g/mol. The summed E-state index contributed by atoms with van der Waals surface area (Å²) in [6.45, 7) is -0.494. The Bertz CT molecular complexity index is 1120. The summed E-state index contributed by atoms with van der Waals surface area (Å²) in [4.78, 5) is 28.5. The maximum absolute atomic E-state index is 12.7. The summed E-state index contributed by atoms with van der Waals surface area (Å²) in [7, 11) is 4.54. The van der Waals surface area contributed by atoms with Gasteiger partial charge in [-0.3, -0.25) is 14.2 Å². The summed E-state index contributed by atoms with van der Waals surface area (Å²) in [6.07, 6.45) is 3.27. The zero-order chi connectivity index (χ0) is 21.0. The lowest BCUT2D eigenvalue weighted by Crippen LogP contribution is -2.27. The van der Waals surface area contributed by atoms with Gasteiger partial charge in [-0.25, -0.2) is 4.98 Å². The van der Waals surface area contributed by atoms with Crippen molar-refractivity contribution in [2.75, 3.05) is 21.3 Å². The summed E-state index contributed by atoms with van der Waals surface area (Å²) >= 11 is 0. The van der Waals surface area contributed by atoms with Crippen molar-refractivity contribution < 1.29 is 24.1 Å². The minimum atomic E-state index is -1.13. The molecule has 0 saturated carbocycles. The van der Waals surface area contributed by atoms with Crippen molar-refractivity contribution in [3.05, 3.63) is 58.1 Å². The molecule has 3 aromatic rings. The van der Waals surface area contributed by atoms with E-state index in [2.05, 4.69) is 4.98 Å². The lowest BCUT2D eigenvalue weighted by atomic mass is 10.1. The van der Waals surface area contributed by atoms with Crippen molar-refractivity contribution >= 4 is 29.0 Å². The molecule has 150 valence electrons. The number of carboxylic acids is 1. The third kappa shape index (κ3) is 4.06. The van der Waals surface area contributed by atoms with Crippen LogP contribution in [0, 0.1) is 0 Å². The summed E-state index contributed by atoms with van der Waals surface area (Å²) in [5.74, 6) is 0.497. The van der Waals surface area contributed by atoms with Gasteiger partial charge in [0.15, 0.2) is 11.5 Å². The molecule has 1 aromatic heterocycles. The Hall–Kier alpha value is -3.81. The van der Waals surface area contributed by atoms with Crippen LogP contribution >= 0.6 is 0 Å². The van der Waals surface area contributed by atoms with E-state index in [0.29, 0.717) is 33.7 Å². The van der Waals surface area contributed by atoms with E-state index in [1.54, 1.807) is 48.6 Å². The van der Waals surface area contributed by atoms with E-state index in [4.69, 9.17) is 14.2 Å². The second-order valence-corrected chi connectivity index (χ2v) is 6.06. The first kappa shape index (κ1) is 19.9. The van der Waals surface area contributed by atoms with E-state index in [1.165, 1.54) is 21.3 Å². The van der Waals surface area contributed by atoms with Gasteiger partial charge in [0.1, 0.15) is 12.4 Å². The third-order valence-electron chi connectivity index (χ3n) is 4.30. The number of fused-ring (bicyclic) bond motifs is 1. The molecule has 0 aliphatic carbocycles. The number of benzene rings is 2. The third-order valence-corrected chi connectivity index (χ3v) is 4.30. The number of nitrogens with zero attached hydrogens (tertiary/aromatic N) is 2. The number of carbonyl (C=O) groups is 1. The molecule has 0 aliphatic heterocycles. The van der Waals surface area contributed by atoms with Crippen LogP contribution in [0.1, 0.15) is 11.4 Å². The molecule has 0 radical (unpaired) electrons. The zero-order valence-electron chi connectivity index (χ0n) is 16.2. The smallest absolute Gasteiger partial charge is 0.323 e. The molecule has 2 aromatic carbocycles. The van der Waals surface area contributed by atoms with Gasteiger partial charge in [-0.2, -0.15) is 0 Å². The second-order valence-electron chi connectivity index (χ2n) is 6.06. The number of aliphatic carboxylic acids is 1. The average Bonchev–Trinajstić information content (AvgIpc) is 2.73. The van der Waals surface area contributed by atoms with E-state index in [9.17, 15) is 14.7 Å². The van der Waals surface area contributed by atoms with E-state index in [1.807, 2.05) is 0 Å². The normalized spacial score (nSPS) is 11.0. The van der Waals surface area contributed by atoms with Gasteiger partial charge in [0.05, 0.1) is 32.2 Å². The number of hydrogen-bond donors (Lipinski definition) is 1. The molecule has 0 spiro atoms. The fourth-order valence-electron chi connectivity index (χ4n) is 2.97. The van der Waals surface area contributed by atoms with Crippen LogP contribution < -0.4 is 19.8 Å². The van der Waals surface area contributed by atoms with E-state index < -0.39 is 18.1 Å². The maximum atomic E-state index is 12.7. The molecule has 0 aliphatic rings. The van der Waals surface area contributed by atoms with Gasteiger partial charge in [-0.15, -0.1) is 0 Å². The number of para-hydroxylation sites is 1. The van der Waals surface area contributed by atoms with Crippen LogP contribution in [-0.4, -0.2) is 42.0 Å². The minimum absolute atomic E-state index is 0.227. The van der Waals surface area contributed by atoms with Crippen molar-refractivity contribution in [1.29, 1.82) is 0 Å². The molecule has 3 rings (SSSR count). The van der Waals surface area contributed by atoms with E-state index in [-0.39, 0.29) is 5.82 Å². The fourth-order valence-corrected chi connectivity index (χ4v) is 2.97. The highest BCUT2D eigenvalue weighted by atomic mass is 16.5. The van der Waals surface area contributed by atoms with Gasteiger partial charge in [0.2, 0.25) is 5.75 Å². The SMILES string of the molecule is COc1cc(C=Cc2nc3ccccc3c(=O)n2CC(=O)O)cc(OC)c1OC. The first-order chi connectivity index (χ1) is 14.0. The highest BCUT2D eigenvalue weighted by Crippen LogP contribution is 2.38. The summed E-state index contributed by atoms with van der Waals surface area (Å²) < 4.78 is 17.1. The summed E-state index contributed by atoms with van der Waals surface area (Å²) in [6, 6.07) is 10.3. The van der Waals surface area contributed by atoms with Crippen LogP contribution in [0.3, 0.4) is 0 Å². The highest BCUT2D eigenvalue weighted by molar-refractivity contribution is 5.80. The molecule has 0 fully saturated rings. The monoisotopic (exact) mass is 396 g/mol. The largest absolute Gasteiger partial charge is 0.493 e. The summed E-state index contributed by atoms with van der Waals surface area (Å²) in [5, 5.41) is 9.57. The van der Waals surface area contributed by atoms with E-state index in [0.717, 1.165) is 4.57 Å². The number of rotatable bonds is 7. The molecule has 8 heteroatoms. The van der Waals surface area contributed by atoms with Crippen LogP contribution in [0.25, 0.3) is 23.1 Å². The predicted molar refractivity (Wildman–Crippen MR) is 109 cm³/mol. The Balaban J connectivity index is 2.13. The van der Waals surface area contributed by atoms with Crippen molar-refractivity contribution in [2.45, 2.75) is 6.54 Å². The Labute approximate surface area is 166 Å². The van der Waals surface area contributed by atoms with Gasteiger partial charge in [0.25, 0.3) is 5.56 Å². The van der Waals surface area contributed by atoms with Crippen molar-refractivity contribution in [1.82, 2.24) is 9.55 Å². The number of ether oxygens (including phenoxy) is 3. The van der Waals surface area contributed by atoms with Crippen molar-refractivity contribution in [2.24, 2.45) is 0 Å². The topological polar surface area (TPSA) is 99.9 Å². The summed E-state index contributed by atoms with van der Waals surface area (Å²) in [5.41, 5.74) is 0.773. The predicted octanol–water partition coefficient (Wildman–Crippen LogP) is 2.68. The molecule has 8 nitrogen and oxygen atoms in total.